The molecule has 1 unspecified atom stereocenters. The van der Waals surface area contributed by atoms with Crippen molar-refractivity contribution >= 4 is 11.8 Å². The highest BCUT2D eigenvalue weighted by atomic mass is 19.1. The van der Waals surface area contributed by atoms with Crippen molar-refractivity contribution in [1.29, 1.82) is 0 Å². The van der Waals surface area contributed by atoms with E-state index in [4.69, 9.17) is 4.74 Å². The summed E-state index contributed by atoms with van der Waals surface area (Å²) in [6.07, 6.45) is 4.90. The van der Waals surface area contributed by atoms with Gasteiger partial charge in [-0.15, -0.1) is 0 Å². The number of hydrogen-bond acceptors (Lipinski definition) is 3. The van der Waals surface area contributed by atoms with E-state index in [1.807, 2.05) is 31.2 Å². The summed E-state index contributed by atoms with van der Waals surface area (Å²) in [6.45, 7) is 2.17. The Balaban J connectivity index is 1.79. The fourth-order valence-corrected chi connectivity index (χ4v) is 4.09. The van der Waals surface area contributed by atoms with Crippen molar-refractivity contribution in [1.82, 2.24) is 10.2 Å². The molecule has 1 N–H and O–H groups in total. The van der Waals surface area contributed by atoms with Crippen LogP contribution in [0, 0.1) is 5.82 Å². The first kappa shape index (κ1) is 22.8. The summed E-state index contributed by atoms with van der Waals surface area (Å²) in [6, 6.07) is 13.0. The van der Waals surface area contributed by atoms with Gasteiger partial charge in [0.05, 0.1) is 13.5 Å². The lowest BCUT2D eigenvalue weighted by Gasteiger charge is -2.31. The van der Waals surface area contributed by atoms with E-state index in [1.165, 1.54) is 12.1 Å². The van der Waals surface area contributed by atoms with Gasteiger partial charge in [0.2, 0.25) is 11.8 Å². The predicted molar refractivity (Wildman–Crippen MR) is 118 cm³/mol. The van der Waals surface area contributed by atoms with E-state index in [1.54, 1.807) is 24.1 Å². The molecule has 2 aromatic carbocycles. The van der Waals surface area contributed by atoms with E-state index < -0.39 is 6.04 Å². The van der Waals surface area contributed by atoms with Gasteiger partial charge in [-0.3, -0.25) is 9.59 Å². The normalized spacial score (nSPS) is 14.8. The maximum atomic E-state index is 13.4. The molecule has 1 saturated carbocycles. The zero-order chi connectivity index (χ0) is 22.2. The third-order valence-electron chi connectivity index (χ3n) is 5.87. The van der Waals surface area contributed by atoms with Crippen molar-refractivity contribution in [3.63, 3.8) is 0 Å². The van der Waals surface area contributed by atoms with Crippen LogP contribution in [0.5, 0.6) is 5.75 Å². The smallest absolute Gasteiger partial charge is 0.243 e. The Bertz CT molecular complexity index is 861. The second-order valence-electron chi connectivity index (χ2n) is 8.09. The van der Waals surface area contributed by atoms with Crippen LogP contribution in [0.4, 0.5) is 4.39 Å². The van der Waals surface area contributed by atoms with Crippen LogP contribution < -0.4 is 10.1 Å². The summed E-state index contributed by atoms with van der Waals surface area (Å²) in [5.74, 6) is 0.148. The van der Waals surface area contributed by atoms with Gasteiger partial charge in [0.1, 0.15) is 17.6 Å². The molecule has 166 valence electrons. The van der Waals surface area contributed by atoms with Crippen LogP contribution in [-0.2, 0) is 22.6 Å². The Morgan fingerprint density at radius 1 is 1.06 bits per heavy atom. The number of nitrogens with zero attached hydrogens (tertiary/aromatic N) is 1. The standard InChI is InChI=1S/C25H31FN2O3/c1-3-23(25(30)27-21-6-4-5-7-21)28(17-19-8-12-20(26)13-9-19)24(29)16-18-10-14-22(31-2)15-11-18/h8-15,21,23H,3-7,16-17H2,1-2H3,(H,27,30). The fourth-order valence-electron chi connectivity index (χ4n) is 4.09. The summed E-state index contributed by atoms with van der Waals surface area (Å²) in [4.78, 5) is 28.0. The van der Waals surface area contributed by atoms with Gasteiger partial charge >= 0.3 is 0 Å². The molecule has 1 aliphatic rings. The van der Waals surface area contributed by atoms with Crippen molar-refractivity contribution in [2.45, 2.75) is 64.1 Å². The van der Waals surface area contributed by atoms with E-state index >= 15 is 0 Å². The van der Waals surface area contributed by atoms with Crippen LogP contribution in [0.1, 0.15) is 50.2 Å². The monoisotopic (exact) mass is 426 g/mol. The highest BCUT2D eigenvalue weighted by molar-refractivity contribution is 5.88. The van der Waals surface area contributed by atoms with E-state index in [0.29, 0.717) is 6.42 Å². The summed E-state index contributed by atoms with van der Waals surface area (Å²) in [7, 11) is 1.60. The quantitative estimate of drug-likeness (QED) is 0.652. The lowest BCUT2D eigenvalue weighted by atomic mass is 10.1. The number of ether oxygens (including phenoxy) is 1. The molecule has 1 aliphatic carbocycles. The van der Waals surface area contributed by atoms with Gasteiger partial charge in [-0.2, -0.15) is 0 Å². The largest absolute Gasteiger partial charge is 0.497 e. The lowest BCUT2D eigenvalue weighted by molar-refractivity contribution is -0.141. The second-order valence-corrected chi connectivity index (χ2v) is 8.09. The summed E-state index contributed by atoms with van der Waals surface area (Å²) in [5, 5.41) is 3.13. The first-order valence-electron chi connectivity index (χ1n) is 11.0. The maximum Gasteiger partial charge on any atom is 0.243 e. The Labute approximate surface area is 183 Å². The van der Waals surface area contributed by atoms with Crippen LogP contribution in [0.2, 0.25) is 0 Å². The van der Waals surface area contributed by atoms with Crippen LogP contribution >= 0.6 is 0 Å². The Morgan fingerprint density at radius 3 is 2.26 bits per heavy atom. The SMILES string of the molecule is CCC(C(=O)NC1CCCC1)N(Cc1ccc(F)cc1)C(=O)Cc1ccc(OC)cc1. The van der Waals surface area contributed by atoms with Gasteiger partial charge in [0.25, 0.3) is 0 Å². The average Bonchev–Trinajstić information content (AvgIpc) is 3.28. The first-order valence-corrected chi connectivity index (χ1v) is 11.0. The van der Waals surface area contributed by atoms with Crippen molar-refractivity contribution in [2.24, 2.45) is 0 Å². The third kappa shape index (κ3) is 6.29. The molecule has 0 radical (unpaired) electrons. The van der Waals surface area contributed by atoms with Gasteiger partial charge in [-0.1, -0.05) is 44.0 Å². The molecule has 3 rings (SSSR count). The van der Waals surface area contributed by atoms with Crippen LogP contribution in [0.15, 0.2) is 48.5 Å². The van der Waals surface area contributed by atoms with E-state index in [-0.39, 0.29) is 36.6 Å². The molecule has 0 spiro atoms. The summed E-state index contributed by atoms with van der Waals surface area (Å²) >= 11 is 0. The Hall–Kier alpha value is -2.89. The number of amides is 2. The van der Waals surface area contributed by atoms with Crippen LogP contribution in [-0.4, -0.2) is 35.9 Å². The topological polar surface area (TPSA) is 58.6 Å². The van der Waals surface area contributed by atoms with Gasteiger partial charge in [0.15, 0.2) is 0 Å². The zero-order valence-corrected chi connectivity index (χ0v) is 18.3. The number of rotatable bonds is 9. The van der Waals surface area contributed by atoms with Crippen molar-refractivity contribution in [3.05, 3.63) is 65.5 Å². The summed E-state index contributed by atoms with van der Waals surface area (Å²) in [5.41, 5.74) is 1.64. The average molecular weight is 427 g/mol. The molecule has 1 fully saturated rings. The van der Waals surface area contributed by atoms with Crippen molar-refractivity contribution in [3.8, 4) is 5.75 Å². The molecule has 0 bridgehead atoms. The lowest BCUT2D eigenvalue weighted by Crippen LogP contribution is -2.51. The molecular formula is C25H31FN2O3. The molecule has 0 saturated heterocycles. The number of methoxy groups -OCH3 is 1. The predicted octanol–water partition coefficient (Wildman–Crippen LogP) is 4.24. The number of halogens is 1. The minimum Gasteiger partial charge on any atom is -0.497 e. The van der Waals surface area contributed by atoms with Gasteiger partial charge < -0.3 is 15.0 Å². The molecular weight excluding hydrogens is 395 g/mol. The van der Waals surface area contributed by atoms with E-state index in [9.17, 15) is 14.0 Å². The van der Waals surface area contributed by atoms with Crippen molar-refractivity contribution in [2.75, 3.05) is 7.11 Å². The number of nitrogens with one attached hydrogen (secondary N) is 1. The third-order valence-corrected chi connectivity index (χ3v) is 5.87. The molecule has 1 atom stereocenters. The number of carbonyl (C=O) groups is 2. The molecule has 5 nitrogen and oxygen atoms in total. The van der Waals surface area contributed by atoms with Gasteiger partial charge in [0, 0.05) is 12.6 Å². The van der Waals surface area contributed by atoms with Gasteiger partial charge in [-0.25, -0.2) is 4.39 Å². The summed E-state index contributed by atoms with van der Waals surface area (Å²) < 4.78 is 18.5. The highest BCUT2D eigenvalue weighted by Crippen LogP contribution is 2.20. The van der Waals surface area contributed by atoms with Crippen LogP contribution in [0.25, 0.3) is 0 Å². The minimum absolute atomic E-state index is 0.111. The molecule has 31 heavy (non-hydrogen) atoms. The molecule has 6 heteroatoms. The molecule has 0 aliphatic heterocycles. The van der Waals surface area contributed by atoms with Crippen LogP contribution in [0.3, 0.4) is 0 Å². The molecule has 2 amide bonds. The molecule has 2 aromatic rings. The Kier molecular flexibility index (Phi) is 8.04. The molecule has 0 aromatic heterocycles. The van der Waals surface area contributed by atoms with Crippen molar-refractivity contribution < 1.29 is 18.7 Å². The number of hydrogen-bond donors (Lipinski definition) is 1. The fraction of sp³-hybridized carbons (Fsp3) is 0.440. The van der Waals surface area contributed by atoms with E-state index in [0.717, 1.165) is 42.6 Å². The zero-order valence-electron chi connectivity index (χ0n) is 18.3. The maximum absolute atomic E-state index is 13.4. The second kappa shape index (κ2) is 10.9. The molecule has 0 heterocycles. The highest BCUT2D eigenvalue weighted by Gasteiger charge is 2.30. The Morgan fingerprint density at radius 2 is 1.68 bits per heavy atom. The van der Waals surface area contributed by atoms with E-state index in [2.05, 4.69) is 5.32 Å². The number of carbonyl (C=O) groups excluding carboxylic acids is 2. The van der Waals surface area contributed by atoms with Gasteiger partial charge in [-0.05, 0) is 54.7 Å². The first-order chi connectivity index (χ1) is 15.0. The minimum atomic E-state index is -0.573. The number of benzene rings is 2.